The van der Waals surface area contributed by atoms with Crippen molar-refractivity contribution in [1.82, 2.24) is 9.88 Å². The van der Waals surface area contributed by atoms with E-state index in [-0.39, 0.29) is 23.3 Å². The summed E-state index contributed by atoms with van der Waals surface area (Å²) in [6, 6.07) is 6.38. The van der Waals surface area contributed by atoms with Gasteiger partial charge < -0.3 is 19.9 Å². The maximum absolute atomic E-state index is 15.7. The van der Waals surface area contributed by atoms with Gasteiger partial charge in [0.1, 0.15) is 17.6 Å². The molecule has 3 aliphatic rings. The van der Waals surface area contributed by atoms with Gasteiger partial charge in [-0.05, 0) is 45.2 Å². The first-order valence-corrected chi connectivity index (χ1v) is 13.7. The van der Waals surface area contributed by atoms with E-state index >= 15 is 4.39 Å². The van der Waals surface area contributed by atoms with Gasteiger partial charge in [-0.3, -0.25) is 14.5 Å². The molecule has 2 saturated heterocycles. The van der Waals surface area contributed by atoms with E-state index in [4.69, 9.17) is 4.74 Å². The zero-order valence-corrected chi connectivity index (χ0v) is 23.5. The lowest BCUT2D eigenvalue weighted by Crippen LogP contribution is -2.55. The maximum Gasteiger partial charge on any atom is 0.414 e. The molecule has 0 aliphatic carbocycles. The van der Waals surface area contributed by atoms with Gasteiger partial charge in [0.2, 0.25) is 5.91 Å². The molecule has 3 atom stereocenters. The molecular formula is C29H32F4N6O3. The highest BCUT2D eigenvalue weighted by Crippen LogP contribution is 2.38. The Labute approximate surface area is 240 Å². The van der Waals surface area contributed by atoms with Gasteiger partial charge in [0.15, 0.2) is 0 Å². The van der Waals surface area contributed by atoms with Gasteiger partial charge in [-0.25, -0.2) is 14.4 Å². The Hall–Kier alpha value is -3.84. The fraction of sp³-hybridized carbons (Fsp3) is 0.448. The number of aromatic nitrogens is 1. The van der Waals surface area contributed by atoms with E-state index in [0.717, 1.165) is 0 Å². The Morgan fingerprint density at radius 1 is 1.07 bits per heavy atom. The topological polar surface area (TPSA) is 90.4 Å². The number of pyridine rings is 1. The first-order chi connectivity index (χ1) is 19.9. The lowest BCUT2D eigenvalue weighted by molar-refractivity contribution is -0.124. The number of benzene rings is 1. The number of carbonyl (C=O) groups is 2. The highest BCUT2D eigenvalue weighted by atomic mass is 19.4. The highest BCUT2D eigenvalue weighted by molar-refractivity contribution is 6.11. The molecule has 2 aromatic rings. The summed E-state index contributed by atoms with van der Waals surface area (Å²) in [5.41, 5.74) is -0.259. The number of aliphatic imine (C=N–C) groups is 1. The number of ether oxygens (including phenoxy) is 1. The lowest BCUT2D eigenvalue weighted by Gasteiger charge is -2.44. The normalized spacial score (nSPS) is 23.6. The minimum absolute atomic E-state index is 0.0910. The summed E-state index contributed by atoms with van der Waals surface area (Å²) in [7, 11) is 1.99. The first-order valence-electron chi connectivity index (χ1n) is 13.7. The predicted octanol–water partition coefficient (Wildman–Crippen LogP) is 3.91. The first kappa shape index (κ1) is 29.6. The van der Waals surface area contributed by atoms with Crippen molar-refractivity contribution < 1.29 is 31.9 Å². The van der Waals surface area contributed by atoms with Gasteiger partial charge >= 0.3 is 6.18 Å². The van der Waals surface area contributed by atoms with Crippen molar-refractivity contribution in [3.63, 3.8) is 0 Å². The number of amides is 2. The number of nitrogens with zero attached hydrogens (tertiary/aromatic N) is 5. The maximum atomic E-state index is 15.7. The summed E-state index contributed by atoms with van der Waals surface area (Å²) < 4.78 is 62.3. The molecule has 1 aromatic heterocycles. The van der Waals surface area contributed by atoms with Crippen molar-refractivity contribution in [2.75, 3.05) is 61.6 Å². The summed E-state index contributed by atoms with van der Waals surface area (Å²) in [6.45, 7) is 7.56. The standard InChI is InChI=1S/C29H32F4N6O3/c1-17-15-39(16-18(2)37(17)3)25-12-23(30)20(19-4-5-26(34-13-19)38-6-8-42-9-7-38)10-24(25)36-28(41)21-14-35-27(40)11-22(21)29(31,32)33/h4-5,10-14,17-18,21H,6-9,15-16H2,1-3H3,(H,36,41)/t17-,18+,21?. The van der Waals surface area contributed by atoms with E-state index in [1.54, 1.807) is 12.1 Å². The monoisotopic (exact) mass is 588 g/mol. The molecule has 42 heavy (non-hydrogen) atoms. The number of alkyl halides is 3. The van der Waals surface area contributed by atoms with Gasteiger partial charge in [-0.15, -0.1) is 0 Å². The van der Waals surface area contributed by atoms with Crippen LogP contribution in [0.5, 0.6) is 0 Å². The molecule has 5 rings (SSSR count). The molecule has 13 heteroatoms. The number of rotatable bonds is 5. The van der Waals surface area contributed by atoms with Crippen LogP contribution in [0.4, 0.5) is 34.8 Å². The zero-order chi connectivity index (χ0) is 30.2. The minimum Gasteiger partial charge on any atom is -0.378 e. The van der Waals surface area contributed by atoms with Gasteiger partial charge in [-0.1, -0.05) is 0 Å². The second kappa shape index (κ2) is 11.8. The van der Waals surface area contributed by atoms with Crippen LogP contribution in [0.1, 0.15) is 13.8 Å². The summed E-state index contributed by atoms with van der Waals surface area (Å²) >= 11 is 0. The van der Waals surface area contributed by atoms with Gasteiger partial charge in [-0.2, -0.15) is 13.2 Å². The number of morpholine rings is 1. The third-order valence-electron chi connectivity index (χ3n) is 8.01. The number of dihydropyridines is 1. The number of hydrogen-bond donors (Lipinski definition) is 1. The van der Waals surface area contributed by atoms with E-state index in [9.17, 15) is 22.8 Å². The number of likely N-dealkylation sites (N-methyl/N-ethyl adjacent to an activating group) is 1. The molecule has 0 bridgehead atoms. The molecule has 1 unspecified atom stereocenters. The Balaban J connectivity index is 1.51. The van der Waals surface area contributed by atoms with Crippen molar-refractivity contribution >= 4 is 35.2 Å². The molecule has 2 amide bonds. The van der Waals surface area contributed by atoms with Crippen molar-refractivity contribution in [2.24, 2.45) is 10.9 Å². The molecule has 2 fully saturated rings. The van der Waals surface area contributed by atoms with Gasteiger partial charge in [0, 0.05) is 67.9 Å². The van der Waals surface area contributed by atoms with E-state index in [1.165, 1.54) is 18.3 Å². The molecule has 224 valence electrons. The van der Waals surface area contributed by atoms with Crippen LogP contribution in [-0.4, -0.2) is 92.6 Å². The largest absolute Gasteiger partial charge is 0.414 e. The van der Waals surface area contributed by atoms with Crippen LogP contribution < -0.4 is 15.1 Å². The zero-order valence-electron chi connectivity index (χ0n) is 23.5. The molecule has 3 aliphatic heterocycles. The Morgan fingerprint density at radius 3 is 2.38 bits per heavy atom. The molecule has 1 N–H and O–H groups in total. The molecule has 4 heterocycles. The number of hydrogen-bond acceptors (Lipinski definition) is 7. The number of nitrogens with one attached hydrogen (secondary N) is 1. The van der Waals surface area contributed by atoms with Crippen molar-refractivity contribution in [3.8, 4) is 11.1 Å². The van der Waals surface area contributed by atoms with Crippen LogP contribution in [0.2, 0.25) is 0 Å². The minimum atomic E-state index is -4.92. The molecular weight excluding hydrogens is 556 g/mol. The summed E-state index contributed by atoms with van der Waals surface area (Å²) in [5, 5.41) is 2.59. The molecule has 0 saturated carbocycles. The summed E-state index contributed by atoms with van der Waals surface area (Å²) in [6.07, 6.45) is -2.37. The van der Waals surface area contributed by atoms with E-state index in [2.05, 4.69) is 25.1 Å². The van der Waals surface area contributed by atoms with Crippen LogP contribution in [0.25, 0.3) is 11.1 Å². The van der Waals surface area contributed by atoms with Crippen LogP contribution >= 0.6 is 0 Å². The average molecular weight is 589 g/mol. The van der Waals surface area contributed by atoms with Gasteiger partial charge in [0.05, 0.1) is 30.2 Å². The number of anilines is 3. The molecule has 0 radical (unpaired) electrons. The number of halogens is 4. The molecule has 1 aromatic carbocycles. The van der Waals surface area contributed by atoms with Crippen LogP contribution in [0.15, 0.2) is 47.1 Å². The number of carbonyl (C=O) groups excluding carboxylic acids is 2. The second-order valence-corrected chi connectivity index (χ2v) is 10.8. The smallest absolute Gasteiger partial charge is 0.378 e. The SMILES string of the molecule is C[C@@H]1CN(c2cc(F)c(-c3ccc(N4CCOCC4)nc3)cc2NC(=O)C2C=NC(=O)C=C2C(F)(F)F)C[C@H](C)N1C. The predicted molar refractivity (Wildman–Crippen MR) is 151 cm³/mol. The fourth-order valence-electron chi connectivity index (χ4n) is 5.44. The number of piperazine rings is 1. The van der Waals surface area contributed by atoms with Crippen LogP contribution in [0, 0.1) is 11.7 Å². The van der Waals surface area contributed by atoms with Crippen LogP contribution in [0.3, 0.4) is 0 Å². The third-order valence-corrected chi connectivity index (χ3v) is 8.01. The second-order valence-electron chi connectivity index (χ2n) is 10.8. The lowest BCUT2D eigenvalue weighted by atomic mass is 9.95. The van der Waals surface area contributed by atoms with E-state index in [1.807, 2.05) is 25.8 Å². The Morgan fingerprint density at radius 2 is 1.76 bits per heavy atom. The quantitative estimate of drug-likeness (QED) is 0.530. The van der Waals surface area contributed by atoms with Crippen molar-refractivity contribution in [2.45, 2.75) is 32.1 Å². The van der Waals surface area contributed by atoms with E-state index < -0.39 is 35.3 Å². The highest BCUT2D eigenvalue weighted by Gasteiger charge is 2.43. The fourth-order valence-corrected chi connectivity index (χ4v) is 5.44. The Kier molecular flexibility index (Phi) is 8.33. The summed E-state index contributed by atoms with van der Waals surface area (Å²) in [5.74, 6) is -3.83. The van der Waals surface area contributed by atoms with Crippen molar-refractivity contribution in [3.05, 3.63) is 47.9 Å². The Bertz CT molecular complexity index is 1390. The summed E-state index contributed by atoms with van der Waals surface area (Å²) in [4.78, 5) is 38.9. The van der Waals surface area contributed by atoms with E-state index in [0.29, 0.717) is 68.8 Å². The average Bonchev–Trinajstić information content (AvgIpc) is 2.96. The third kappa shape index (κ3) is 6.16. The van der Waals surface area contributed by atoms with Crippen LogP contribution in [-0.2, 0) is 14.3 Å². The molecule has 0 spiro atoms. The van der Waals surface area contributed by atoms with Crippen molar-refractivity contribution in [1.29, 1.82) is 0 Å². The molecule has 9 nitrogen and oxygen atoms in total. The van der Waals surface area contributed by atoms with Gasteiger partial charge in [0.25, 0.3) is 5.91 Å².